The number of hydrogen-bond acceptors (Lipinski definition) is 3. The summed E-state index contributed by atoms with van der Waals surface area (Å²) in [5, 5.41) is 0. The molecule has 0 N–H and O–H groups in total. The van der Waals surface area contributed by atoms with Gasteiger partial charge in [0.05, 0.1) is 0 Å². The van der Waals surface area contributed by atoms with Crippen molar-refractivity contribution >= 4 is 10.0 Å². The maximum absolute atomic E-state index is 13.2. The molecule has 0 amide bonds. The standard InChI is InChI=1S/C8H13F4NO3S/c1-7(9,10)16-8(11,12)17(14,15)13-5-3-2-4-6-13/h2-6H2,1H3. The SMILES string of the molecule is CC(F)(F)OC(F)(F)S(=O)(=O)N1CCCCC1. The van der Waals surface area contributed by atoms with Gasteiger partial charge in [0.25, 0.3) is 0 Å². The van der Waals surface area contributed by atoms with Crippen molar-refractivity contribution in [3.05, 3.63) is 0 Å². The molecular weight excluding hydrogens is 266 g/mol. The summed E-state index contributed by atoms with van der Waals surface area (Å²) in [6.45, 7) is -0.139. The smallest absolute Gasteiger partial charge is 0.241 e. The van der Waals surface area contributed by atoms with E-state index in [2.05, 4.69) is 4.74 Å². The van der Waals surface area contributed by atoms with E-state index in [1.165, 1.54) is 0 Å². The van der Waals surface area contributed by atoms with Crippen LogP contribution in [0.3, 0.4) is 0 Å². The van der Waals surface area contributed by atoms with E-state index in [4.69, 9.17) is 0 Å². The maximum atomic E-state index is 13.2. The van der Waals surface area contributed by atoms with Crippen molar-refractivity contribution in [1.82, 2.24) is 4.31 Å². The van der Waals surface area contributed by atoms with Crippen LogP contribution in [0.15, 0.2) is 0 Å². The monoisotopic (exact) mass is 279 g/mol. The van der Waals surface area contributed by atoms with Gasteiger partial charge in [-0.1, -0.05) is 6.42 Å². The topological polar surface area (TPSA) is 46.6 Å². The van der Waals surface area contributed by atoms with Gasteiger partial charge >= 0.3 is 21.6 Å². The number of piperidine rings is 1. The Hall–Kier alpha value is -0.410. The lowest BCUT2D eigenvalue weighted by Gasteiger charge is -2.30. The minimum Gasteiger partial charge on any atom is -0.241 e. The van der Waals surface area contributed by atoms with Crippen LogP contribution < -0.4 is 0 Å². The number of nitrogens with zero attached hydrogens (tertiary/aromatic N) is 1. The number of alkyl halides is 4. The predicted molar refractivity (Wildman–Crippen MR) is 51.0 cm³/mol. The number of rotatable bonds is 4. The van der Waals surface area contributed by atoms with Crippen LogP contribution in [0.1, 0.15) is 26.2 Å². The first-order valence-corrected chi connectivity index (χ1v) is 6.46. The highest BCUT2D eigenvalue weighted by molar-refractivity contribution is 7.90. The van der Waals surface area contributed by atoms with Crippen LogP contribution in [0.2, 0.25) is 0 Å². The molecule has 0 aromatic carbocycles. The normalized spacial score (nSPS) is 20.5. The van der Waals surface area contributed by atoms with Crippen LogP contribution in [0.5, 0.6) is 0 Å². The first-order chi connectivity index (χ1) is 7.56. The lowest BCUT2D eigenvalue weighted by Crippen LogP contribution is -2.48. The van der Waals surface area contributed by atoms with Gasteiger partial charge in [-0.3, -0.25) is 0 Å². The Balaban J connectivity index is 2.87. The molecule has 0 spiro atoms. The zero-order valence-corrected chi connectivity index (χ0v) is 9.94. The minimum atomic E-state index is -5.20. The molecule has 1 rings (SSSR count). The minimum absolute atomic E-state index is 0.0621. The number of hydrogen-bond donors (Lipinski definition) is 0. The molecule has 1 heterocycles. The van der Waals surface area contributed by atoms with E-state index in [1.54, 1.807) is 0 Å². The third-order valence-electron chi connectivity index (χ3n) is 2.25. The Morgan fingerprint density at radius 3 is 1.94 bits per heavy atom. The molecule has 102 valence electrons. The first-order valence-electron chi connectivity index (χ1n) is 5.02. The average molecular weight is 279 g/mol. The molecule has 0 aliphatic carbocycles. The lowest BCUT2D eigenvalue weighted by atomic mass is 10.2. The van der Waals surface area contributed by atoms with Gasteiger partial charge in [-0.2, -0.15) is 21.9 Å². The van der Waals surface area contributed by atoms with E-state index in [0.717, 1.165) is 6.42 Å². The fraction of sp³-hybridized carbons (Fsp3) is 1.00. The summed E-state index contributed by atoms with van der Waals surface area (Å²) in [5.41, 5.74) is -4.91. The molecule has 0 saturated carbocycles. The van der Waals surface area contributed by atoms with Crippen molar-refractivity contribution in [2.45, 2.75) is 37.7 Å². The van der Waals surface area contributed by atoms with Gasteiger partial charge in [0.1, 0.15) is 0 Å². The van der Waals surface area contributed by atoms with Gasteiger partial charge < -0.3 is 0 Å². The van der Waals surface area contributed by atoms with Crippen LogP contribution in [-0.2, 0) is 14.8 Å². The van der Waals surface area contributed by atoms with Crippen molar-refractivity contribution in [3.8, 4) is 0 Å². The number of ether oxygens (including phenoxy) is 1. The van der Waals surface area contributed by atoms with Crippen LogP contribution in [0.25, 0.3) is 0 Å². The van der Waals surface area contributed by atoms with Crippen LogP contribution in [-0.4, -0.2) is 37.4 Å². The third kappa shape index (κ3) is 3.52. The Morgan fingerprint density at radius 2 is 1.53 bits per heavy atom. The molecule has 1 aliphatic rings. The quantitative estimate of drug-likeness (QED) is 0.739. The van der Waals surface area contributed by atoms with E-state index in [1.807, 2.05) is 0 Å². The Morgan fingerprint density at radius 1 is 1.06 bits per heavy atom. The molecule has 1 saturated heterocycles. The fourth-order valence-corrected chi connectivity index (χ4v) is 2.81. The first kappa shape index (κ1) is 14.7. The summed E-state index contributed by atoms with van der Waals surface area (Å²) in [6, 6.07) is 0. The predicted octanol–water partition coefficient (Wildman–Crippen LogP) is 1.98. The molecule has 1 fully saturated rings. The second-order valence-electron chi connectivity index (χ2n) is 3.84. The molecule has 9 heteroatoms. The molecule has 0 radical (unpaired) electrons. The second kappa shape index (κ2) is 4.69. The van der Waals surface area contributed by atoms with Gasteiger partial charge in [-0.15, -0.1) is 0 Å². The maximum Gasteiger partial charge on any atom is 0.481 e. The van der Waals surface area contributed by atoms with Gasteiger partial charge in [-0.25, -0.2) is 13.2 Å². The van der Waals surface area contributed by atoms with E-state index < -0.39 is 21.6 Å². The van der Waals surface area contributed by atoms with E-state index in [-0.39, 0.29) is 20.0 Å². The van der Waals surface area contributed by atoms with Gasteiger partial charge in [0.2, 0.25) is 0 Å². The molecule has 0 bridgehead atoms. The Labute approximate surface area is 96.6 Å². The highest BCUT2D eigenvalue weighted by atomic mass is 32.2. The van der Waals surface area contributed by atoms with Crippen LogP contribution in [0, 0.1) is 0 Å². The number of halogens is 4. The highest BCUT2D eigenvalue weighted by Crippen LogP contribution is 2.34. The third-order valence-corrected chi connectivity index (χ3v) is 3.98. The van der Waals surface area contributed by atoms with Gasteiger partial charge in [-0.05, 0) is 12.8 Å². The molecule has 0 aromatic rings. The van der Waals surface area contributed by atoms with E-state index in [9.17, 15) is 26.0 Å². The van der Waals surface area contributed by atoms with Crippen molar-refractivity contribution in [2.24, 2.45) is 0 Å². The summed E-state index contributed by atoms with van der Waals surface area (Å²) in [7, 11) is -5.20. The van der Waals surface area contributed by atoms with E-state index in [0.29, 0.717) is 17.1 Å². The average Bonchev–Trinajstić information content (AvgIpc) is 2.15. The Kier molecular flexibility index (Phi) is 4.04. The van der Waals surface area contributed by atoms with Crippen molar-refractivity contribution < 1.29 is 30.7 Å². The lowest BCUT2D eigenvalue weighted by molar-refractivity contribution is -0.331. The zero-order chi connectivity index (χ0) is 13.3. The van der Waals surface area contributed by atoms with Crippen LogP contribution >= 0.6 is 0 Å². The van der Waals surface area contributed by atoms with Crippen molar-refractivity contribution in [3.63, 3.8) is 0 Å². The van der Waals surface area contributed by atoms with Crippen molar-refractivity contribution in [1.29, 1.82) is 0 Å². The largest absolute Gasteiger partial charge is 0.481 e. The summed E-state index contributed by atoms with van der Waals surface area (Å²) < 4.78 is 77.3. The van der Waals surface area contributed by atoms with E-state index >= 15 is 0 Å². The second-order valence-corrected chi connectivity index (χ2v) is 5.78. The summed E-state index contributed by atoms with van der Waals surface area (Å²) in [5.74, 6) is 0. The Bertz CT molecular complexity index is 359. The summed E-state index contributed by atoms with van der Waals surface area (Å²) >= 11 is 0. The van der Waals surface area contributed by atoms with Gasteiger partial charge in [0.15, 0.2) is 0 Å². The van der Waals surface area contributed by atoms with Crippen molar-refractivity contribution in [2.75, 3.05) is 13.1 Å². The molecule has 1 aliphatic heterocycles. The zero-order valence-electron chi connectivity index (χ0n) is 9.13. The molecule has 17 heavy (non-hydrogen) atoms. The molecular formula is C8H13F4NO3S. The van der Waals surface area contributed by atoms with Gasteiger partial charge in [0, 0.05) is 20.0 Å². The summed E-state index contributed by atoms with van der Waals surface area (Å²) in [4.78, 5) is 0. The number of sulfonamides is 1. The van der Waals surface area contributed by atoms with Crippen LogP contribution in [0.4, 0.5) is 17.6 Å². The molecule has 0 atom stereocenters. The summed E-state index contributed by atoms with van der Waals surface area (Å²) in [6.07, 6.45) is -2.63. The highest BCUT2D eigenvalue weighted by Gasteiger charge is 2.55. The molecule has 0 unspecified atom stereocenters. The fourth-order valence-electron chi connectivity index (χ4n) is 1.52. The molecule has 4 nitrogen and oxygen atoms in total. The molecule has 0 aromatic heterocycles.